The van der Waals surface area contributed by atoms with Gasteiger partial charge in [-0.25, -0.2) is 0 Å². The van der Waals surface area contributed by atoms with Gasteiger partial charge in [-0.15, -0.1) is 0 Å². The van der Waals surface area contributed by atoms with Gasteiger partial charge in [0.25, 0.3) is 0 Å². The molecule has 0 aromatic heterocycles. The number of hydrogen-bond donors (Lipinski definition) is 1. The highest BCUT2D eigenvalue weighted by Crippen LogP contribution is 2.37. The van der Waals surface area contributed by atoms with Gasteiger partial charge in [0.1, 0.15) is 0 Å². The maximum Gasteiger partial charge on any atom is 0.446 e. The van der Waals surface area contributed by atoms with Gasteiger partial charge in [0.15, 0.2) is 0 Å². The quantitative estimate of drug-likeness (QED) is 0.865. The van der Waals surface area contributed by atoms with Gasteiger partial charge in [0, 0.05) is 24.0 Å². The van der Waals surface area contributed by atoms with Crippen molar-refractivity contribution in [1.82, 2.24) is 4.90 Å². The first kappa shape index (κ1) is 16.6. The number of hydrogen-bond acceptors (Lipinski definition) is 4. The zero-order chi connectivity index (χ0) is 15.5. The molecule has 0 bridgehead atoms. The Morgan fingerprint density at radius 3 is 2.86 bits per heavy atom. The minimum absolute atomic E-state index is 0.0484. The second kappa shape index (κ2) is 7.00. The van der Waals surface area contributed by atoms with Gasteiger partial charge in [-0.05, 0) is 36.4 Å². The molecule has 2 unspecified atom stereocenters. The molecule has 118 valence electrons. The number of ether oxygens (including phenoxy) is 1. The van der Waals surface area contributed by atoms with E-state index >= 15 is 0 Å². The number of aliphatic hydroxyl groups is 1. The number of aliphatic hydroxyl groups excluding tert-OH is 1. The Labute approximate surface area is 126 Å². The molecule has 1 aromatic carbocycles. The number of benzene rings is 1. The van der Waals surface area contributed by atoms with Crippen molar-refractivity contribution in [2.75, 3.05) is 19.8 Å². The van der Waals surface area contributed by atoms with Gasteiger partial charge in [-0.2, -0.15) is 13.2 Å². The number of rotatable bonds is 4. The Morgan fingerprint density at radius 2 is 2.19 bits per heavy atom. The summed E-state index contributed by atoms with van der Waals surface area (Å²) in [5, 5.41) is 9.15. The molecule has 0 spiro atoms. The van der Waals surface area contributed by atoms with Gasteiger partial charge >= 0.3 is 5.51 Å². The van der Waals surface area contributed by atoms with Crippen LogP contribution in [0.2, 0.25) is 0 Å². The van der Waals surface area contributed by atoms with Crippen LogP contribution in [0.15, 0.2) is 29.2 Å². The number of morpholine rings is 1. The van der Waals surface area contributed by atoms with Gasteiger partial charge < -0.3 is 9.84 Å². The molecule has 1 N–H and O–H groups in total. The maximum atomic E-state index is 12.4. The highest BCUT2D eigenvalue weighted by Gasteiger charge is 2.29. The third-order valence-corrected chi connectivity index (χ3v) is 4.08. The predicted octanol–water partition coefficient (Wildman–Crippen LogP) is 2.88. The molecule has 1 aliphatic heterocycles. The molecule has 2 atom stereocenters. The van der Waals surface area contributed by atoms with Crippen LogP contribution in [0.3, 0.4) is 0 Å². The number of halogens is 3. The summed E-state index contributed by atoms with van der Waals surface area (Å²) in [6.45, 7) is 3.60. The van der Waals surface area contributed by atoms with Crippen molar-refractivity contribution in [2.24, 2.45) is 0 Å². The largest absolute Gasteiger partial charge is 0.446 e. The Hall–Kier alpha value is -0.760. The summed E-state index contributed by atoms with van der Waals surface area (Å²) >= 11 is -0.100. The van der Waals surface area contributed by atoms with E-state index in [0.717, 1.165) is 5.56 Å². The first-order valence-electron chi connectivity index (χ1n) is 6.68. The van der Waals surface area contributed by atoms with Crippen LogP contribution in [0.1, 0.15) is 12.5 Å². The molecular weight excluding hydrogens is 303 g/mol. The molecular formula is C14H18F3NO2S. The fourth-order valence-electron chi connectivity index (χ4n) is 2.28. The second-order valence-electron chi connectivity index (χ2n) is 5.11. The zero-order valence-electron chi connectivity index (χ0n) is 11.6. The van der Waals surface area contributed by atoms with E-state index in [2.05, 4.69) is 4.90 Å². The highest BCUT2D eigenvalue weighted by atomic mass is 32.2. The molecule has 1 fully saturated rings. The van der Waals surface area contributed by atoms with Crippen LogP contribution < -0.4 is 0 Å². The molecule has 0 radical (unpaired) electrons. The molecule has 1 aromatic rings. The van der Waals surface area contributed by atoms with E-state index in [-0.39, 0.29) is 35.4 Å². The number of thioether (sulfide) groups is 1. The number of nitrogens with zero attached hydrogens (tertiary/aromatic N) is 1. The second-order valence-corrected chi connectivity index (χ2v) is 6.25. The standard InChI is InChI=1S/C14H18F3NO2S/c1-10-9-20-12(8-19)7-18(10)6-11-3-2-4-13(5-11)21-14(15,16)17/h2-5,10,12,19H,6-9H2,1H3. The van der Waals surface area contributed by atoms with Crippen molar-refractivity contribution >= 4 is 11.8 Å². The molecule has 0 amide bonds. The van der Waals surface area contributed by atoms with Crippen molar-refractivity contribution in [3.8, 4) is 0 Å². The Bertz CT molecular complexity index is 470. The summed E-state index contributed by atoms with van der Waals surface area (Å²) in [5.74, 6) is 0. The third kappa shape index (κ3) is 5.18. The molecule has 0 aliphatic carbocycles. The van der Waals surface area contributed by atoms with Crippen LogP contribution in [0, 0.1) is 0 Å². The Kier molecular flexibility index (Phi) is 5.54. The van der Waals surface area contributed by atoms with Crippen LogP contribution in [0.4, 0.5) is 13.2 Å². The molecule has 21 heavy (non-hydrogen) atoms. The molecule has 2 rings (SSSR count). The maximum absolute atomic E-state index is 12.4. The topological polar surface area (TPSA) is 32.7 Å². The third-order valence-electron chi connectivity index (χ3n) is 3.36. The van der Waals surface area contributed by atoms with E-state index in [0.29, 0.717) is 19.7 Å². The minimum Gasteiger partial charge on any atom is -0.394 e. The predicted molar refractivity (Wildman–Crippen MR) is 75.1 cm³/mol. The van der Waals surface area contributed by atoms with Crippen molar-refractivity contribution in [1.29, 1.82) is 0 Å². The minimum atomic E-state index is -4.27. The van der Waals surface area contributed by atoms with Crippen LogP contribution in [0.5, 0.6) is 0 Å². The summed E-state index contributed by atoms with van der Waals surface area (Å²) in [5.41, 5.74) is -3.44. The SMILES string of the molecule is CC1COC(CO)CN1Cc1cccc(SC(F)(F)F)c1. The highest BCUT2D eigenvalue weighted by molar-refractivity contribution is 8.00. The van der Waals surface area contributed by atoms with E-state index in [1.807, 2.05) is 13.0 Å². The lowest BCUT2D eigenvalue weighted by Gasteiger charge is -2.37. The molecule has 1 heterocycles. The van der Waals surface area contributed by atoms with Crippen LogP contribution >= 0.6 is 11.8 Å². The molecule has 1 aliphatic rings. The van der Waals surface area contributed by atoms with Gasteiger partial charge in [-0.3, -0.25) is 4.90 Å². The van der Waals surface area contributed by atoms with E-state index in [4.69, 9.17) is 9.84 Å². The summed E-state index contributed by atoms with van der Waals surface area (Å²) in [4.78, 5) is 2.31. The molecule has 1 saturated heterocycles. The molecule has 0 saturated carbocycles. The molecule has 3 nitrogen and oxygen atoms in total. The zero-order valence-corrected chi connectivity index (χ0v) is 12.5. The fourth-order valence-corrected chi connectivity index (χ4v) is 2.91. The summed E-state index contributed by atoms with van der Waals surface area (Å²) < 4.78 is 42.6. The summed E-state index contributed by atoms with van der Waals surface area (Å²) in [6.07, 6.45) is -0.228. The van der Waals surface area contributed by atoms with E-state index < -0.39 is 5.51 Å². The first-order valence-corrected chi connectivity index (χ1v) is 7.50. The summed E-state index contributed by atoms with van der Waals surface area (Å²) in [6, 6.07) is 6.65. The van der Waals surface area contributed by atoms with Crippen LogP contribution in [-0.2, 0) is 11.3 Å². The van der Waals surface area contributed by atoms with Crippen molar-refractivity contribution in [2.45, 2.75) is 36.0 Å². The van der Waals surface area contributed by atoms with Crippen LogP contribution in [-0.4, -0.2) is 47.4 Å². The lowest BCUT2D eigenvalue weighted by atomic mass is 10.1. The van der Waals surface area contributed by atoms with Crippen molar-refractivity contribution < 1.29 is 23.0 Å². The average molecular weight is 321 g/mol. The smallest absolute Gasteiger partial charge is 0.394 e. The normalized spacial score (nSPS) is 24.2. The van der Waals surface area contributed by atoms with Crippen molar-refractivity contribution in [3.05, 3.63) is 29.8 Å². The van der Waals surface area contributed by atoms with Gasteiger partial charge in [-0.1, -0.05) is 12.1 Å². The Morgan fingerprint density at radius 1 is 1.43 bits per heavy atom. The van der Waals surface area contributed by atoms with Gasteiger partial charge in [0.05, 0.1) is 19.3 Å². The molecule has 7 heteroatoms. The monoisotopic (exact) mass is 321 g/mol. The summed E-state index contributed by atoms with van der Waals surface area (Å²) in [7, 11) is 0. The van der Waals surface area contributed by atoms with Crippen molar-refractivity contribution in [3.63, 3.8) is 0 Å². The fraction of sp³-hybridized carbons (Fsp3) is 0.571. The van der Waals surface area contributed by atoms with E-state index in [1.54, 1.807) is 12.1 Å². The van der Waals surface area contributed by atoms with E-state index in [1.165, 1.54) is 6.07 Å². The lowest BCUT2D eigenvalue weighted by molar-refractivity contribution is -0.0805. The first-order chi connectivity index (χ1) is 9.87. The van der Waals surface area contributed by atoms with E-state index in [9.17, 15) is 13.2 Å². The Balaban J connectivity index is 2.03. The van der Waals surface area contributed by atoms with Crippen LogP contribution in [0.25, 0.3) is 0 Å². The number of alkyl halides is 3. The van der Waals surface area contributed by atoms with Gasteiger partial charge in [0.2, 0.25) is 0 Å². The average Bonchev–Trinajstić information content (AvgIpc) is 2.40. The lowest BCUT2D eigenvalue weighted by Crippen LogP contribution is -2.48.